The first-order valence-corrected chi connectivity index (χ1v) is 5.37. The minimum atomic E-state index is -1.66. The van der Waals surface area contributed by atoms with Crippen LogP contribution in [-0.4, -0.2) is 34.3 Å². The lowest BCUT2D eigenvalue weighted by molar-refractivity contribution is -0.151. The molecule has 2 atom stereocenters. The molecular weight excluding hydrogens is 238 g/mol. The molecule has 98 valence electrons. The standard InChI is InChI=1S/C12H15NO5/c13-9(6-10(14)11(15)16)12(17)18-7-8-4-2-1-3-5-8/h1-5,9-10,14H,6-7,13H2,(H,15,16). The summed E-state index contributed by atoms with van der Waals surface area (Å²) < 4.78 is 4.90. The second-order valence-corrected chi connectivity index (χ2v) is 3.79. The maximum absolute atomic E-state index is 11.4. The molecule has 0 aliphatic carbocycles. The molecule has 2 unspecified atom stereocenters. The zero-order chi connectivity index (χ0) is 13.5. The Labute approximate surface area is 104 Å². The lowest BCUT2D eigenvalue weighted by atomic mass is 10.1. The van der Waals surface area contributed by atoms with Crippen LogP contribution >= 0.6 is 0 Å². The van der Waals surface area contributed by atoms with Crippen LogP contribution in [0.1, 0.15) is 12.0 Å². The topological polar surface area (TPSA) is 110 Å². The van der Waals surface area contributed by atoms with Crippen LogP contribution in [0.3, 0.4) is 0 Å². The number of benzene rings is 1. The van der Waals surface area contributed by atoms with Gasteiger partial charge in [-0.2, -0.15) is 0 Å². The van der Waals surface area contributed by atoms with E-state index in [1.165, 1.54) is 0 Å². The first-order valence-electron chi connectivity index (χ1n) is 5.37. The van der Waals surface area contributed by atoms with Crippen LogP contribution in [0.4, 0.5) is 0 Å². The minimum Gasteiger partial charge on any atom is -0.479 e. The highest BCUT2D eigenvalue weighted by molar-refractivity contribution is 5.78. The van der Waals surface area contributed by atoms with Gasteiger partial charge in [0.1, 0.15) is 12.6 Å². The van der Waals surface area contributed by atoms with E-state index in [1.807, 2.05) is 6.07 Å². The molecule has 0 heterocycles. The highest BCUT2D eigenvalue weighted by Gasteiger charge is 2.23. The summed E-state index contributed by atoms with van der Waals surface area (Å²) in [6, 6.07) is 7.85. The predicted octanol–water partition coefficient (Wildman–Crippen LogP) is -0.107. The number of nitrogens with two attached hydrogens (primary N) is 1. The average Bonchev–Trinajstić information content (AvgIpc) is 2.36. The summed E-state index contributed by atoms with van der Waals surface area (Å²) in [7, 11) is 0. The lowest BCUT2D eigenvalue weighted by Gasteiger charge is -2.13. The summed E-state index contributed by atoms with van der Waals surface area (Å²) in [6.45, 7) is 0.0660. The molecule has 0 aliphatic rings. The van der Waals surface area contributed by atoms with Gasteiger partial charge in [-0.05, 0) is 5.56 Å². The third-order valence-corrected chi connectivity index (χ3v) is 2.29. The minimum absolute atomic E-state index is 0.0660. The first-order chi connectivity index (χ1) is 8.50. The molecule has 6 heteroatoms. The third-order valence-electron chi connectivity index (χ3n) is 2.29. The molecule has 1 rings (SSSR count). The van der Waals surface area contributed by atoms with E-state index in [0.29, 0.717) is 0 Å². The van der Waals surface area contributed by atoms with Gasteiger partial charge in [0.05, 0.1) is 0 Å². The Morgan fingerprint density at radius 3 is 2.44 bits per heavy atom. The maximum atomic E-state index is 11.4. The maximum Gasteiger partial charge on any atom is 0.332 e. The van der Waals surface area contributed by atoms with Gasteiger partial charge in [0.25, 0.3) is 0 Å². The monoisotopic (exact) mass is 253 g/mol. The Balaban J connectivity index is 2.39. The molecule has 0 fully saturated rings. The molecule has 0 saturated carbocycles. The molecule has 0 radical (unpaired) electrons. The van der Waals surface area contributed by atoms with E-state index in [1.54, 1.807) is 24.3 Å². The Morgan fingerprint density at radius 2 is 1.89 bits per heavy atom. The Bertz CT molecular complexity index is 406. The van der Waals surface area contributed by atoms with Crippen molar-refractivity contribution < 1.29 is 24.5 Å². The zero-order valence-corrected chi connectivity index (χ0v) is 9.65. The number of aliphatic hydroxyl groups excluding tert-OH is 1. The van der Waals surface area contributed by atoms with Gasteiger partial charge in [-0.3, -0.25) is 4.79 Å². The predicted molar refractivity (Wildman–Crippen MR) is 62.5 cm³/mol. The Morgan fingerprint density at radius 1 is 1.28 bits per heavy atom. The molecule has 1 aromatic carbocycles. The van der Waals surface area contributed by atoms with E-state index in [4.69, 9.17) is 20.7 Å². The van der Waals surface area contributed by atoms with Gasteiger partial charge >= 0.3 is 11.9 Å². The van der Waals surface area contributed by atoms with E-state index in [9.17, 15) is 9.59 Å². The molecule has 0 aliphatic heterocycles. The van der Waals surface area contributed by atoms with Crippen LogP contribution in [0.2, 0.25) is 0 Å². The van der Waals surface area contributed by atoms with Crippen molar-refractivity contribution >= 4 is 11.9 Å². The molecular formula is C12H15NO5. The number of hydrogen-bond donors (Lipinski definition) is 3. The number of carbonyl (C=O) groups is 2. The summed E-state index contributed by atoms with van der Waals surface area (Å²) in [4.78, 5) is 21.8. The average molecular weight is 253 g/mol. The number of hydrogen-bond acceptors (Lipinski definition) is 5. The van der Waals surface area contributed by atoms with Gasteiger partial charge in [0, 0.05) is 6.42 Å². The van der Waals surface area contributed by atoms with Crippen molar-refractivity contribution in [3.8, 4) is 0 Å². The molecule has 4 N–H and O–H groups in total. The fraction of sp³-hybridized carbons (Fsp3) is 0.333. The zero-order valence-electron chi connectivity index (χ0n) is 9.65. The van der Waals surface area contributed by atoms with Crippen molar-refractivity contribution in [3.05, 3.63) is 35.9 Å². The molecule has 18 heavy (non-hydrogen) atoms. The van der Waals surface area contributed by atoms with Crippen LogP contribution in [-0.2, 0) is 20.9 Å². The molecule has 0 saturated heterocycles. The third kappa shape index (κ3) is 4.52. The van der Waals surface area contributed by atoms with Crippen LogP contribution < -0.4 is 5.73 Å². The van der Waals surface area contributed by atoms with Gasteiger partial charge in [0.2, 0.25) is 0 Å². The number of aliphatic carboxylic acids is 1. The number of carboxylic acid groups (broad SMARTS) is 1. The van der Waals surface area contributed by atoms with Crippen molar-refractivity contribution in [1.82, 2.24) is 0 Å². The smallest absolute Gasteiger partial charge is 0.332 e. The normalized spacial score (nSPS) is 13.7. The van der Waals surface area contributed by atoms with Crippen LogP contribution in [0, 0.1) is 0 Å². The fourth-order valence-electron chi connectivity index (χ4n) is 1.27. The highest BCUT2D eigenvalue weighted by atomic mass is 16.5. The van der Waals surface area contributed by atoms with E-state index < -0.39 is 24.1 Å². The van der Waals surface area contributed by atoms with Gasteiger partial charge in [-0.25, -0.2) is 4.79 Å². The Hall–Kier alpha value is -1.92. The van der Waals surface area contributed by atoms with Crippen LogP contribution in [0.15, 0.2) is 30.3 Å². The van der Waals surface area contributed by atoms with Gasteiger partial charge in [0.15, 0.2) is 6.10 Å². The summed E-state index contributed by atoms with van der Waals surface area (Å²) in [5.41, 5.74) is 6.22. The summed E-state index contributed by atoms with van der Waals surface area (Å²) in [5.74, 6) is -2.15. The first kappa shape index (κ1) is 14.1. The van der Waals surface area contributed by atoms with Crippen molar-refractivity contribution in [2.75, 3.05) is 0 Å². The number of rotatable bonds is 6. The Kier molecular flexibility index (Phi) is 5.29. The SMILES string of the molecule is NC(CC(O)C(=O)O)C(=O)OCc1ccccc1. The fourth-order valence-corrected chi connectivity index (χ4v) is 1.27. The van der Waals surface area contributed by atoms with E-state index in [2.05, 4.69) is 0 Å². The van der Waals surface area contributed by atoms with E-state index >= 15 is 0 Å². The van der Waals surface area contributed by atoms with Crippen molar-refractivity contribution in [3.63, 3.8) is 0 Å². The number of aliphatic hydroxyl groups is 1. The summed E-state index contributed by atoms with van der Waals surface area (Å²) in [5, 5.41) is 17.5. The summed E-state index contributed by atoms with van der Waals surface area (Å²) in [6.07, 6.45) is -2.03. The number of ether oxygens (including phenoxy) is 1. The highest BCUT2D eigenvalue weighted by Crippen LogP contribution is 2.04. The largest absolute Gasteiger partial charge is 0.479 e. The number of carboxylic acids is 1. The lowest BCUT2D eigenvalue weighted by Crippen LogP contribution is -2.38. The number of esters is 1. The van der Waals surface area contributed by atoms with Crippen molar-refractivity contribution in [1.29, 1.82) is 0 Å². The second kappa shape index (κ2) is 6.73. The second-order valence-electron chi connectivity index (χ2n) is 3.79. The molecule has 0 amide bonds. The summed E-state index contributed by atoms with van der Waals surface area (Å²) >= 11 is 0. The van der Waals surface area contributed by atoms with Crippen LogP contribution in [0.25, 0.3) is 0 Å². The van der Waals surface area contributed by atoms with Crippen molar-refractivity contribution in [2.24, 2.45) is 5.73 Å². The van der Waals surface area contributed by atoms with Gasteiger partial charge in [-0.1, -0.05) is 30.3 Å². The molecule has 6 nitrogen and oxygen atoms in total. The van der Waals surface area contributed by atoms with E-state index in [-0.39, 0.29) is 13.0 Å². The number of carbonyl (C=O) groups excluding carboxylic acids is 1. The molecule has 0 bridgehead atoms. The van der Waals surface area contributed by atoms with E-state index in [0.717, 1.165) is 5.56 Å². The quantitative estimate of drug-likeness (QED) is 0.610. The van der Waals surface area contributed by atoms with Gasteiger partial charge < -0.3 is 20.7 Å². The molecule has 1 aromatic rings. The molecule has 0 aromatic heterocycles. The van der Waals surface area contributed by atoms with Gasteiger partial charge in [-0.15, -0.1) is 0 Å². The molecule has 0 spiro atoms. The van der Waals surface area contributed by atoms with Crippen LogP contribution in [0.5, 0.6) is 0 Å². The van der Waals surface area contributed by atoms with Crippen molar-refractivity contribution in [2.45, 2.75) is 25.2 Å².